The van der Waals surface area contributed by atoms with Crippen LogP contribution < -0.4 is 10.1 Å². The Morgan fingerprint density at radius 3 is 2.70 bits per heavy atom. The lowest BCUT2D eigenvalue weighted by Crippen LogP contribution is -2.30. The number of benzene rings is 1. The molecule has 1 aliphatic carbocycles. The molecule has 1 aromatic rings. The van der Waals surface area contributed by atoms with Crippen LogP contribution in [-0.2, 0) is 11.0 Å². The van der Waals surface area contributed by atoms with Gasteiger partial charge in [0.2, 0.25) is 0 Å². The molecule has 1 aromatic carbocycles. The fourth-order valence-electron chi connectivity index (χ4n) is 2.52. The fourth-order valence-corrected chi connectivity index (χ4v) is 2.52. The molecule has 6 heteroatoms. The third-order valence-electron chi connectivity index (χ3n) is 3.70. The van der Waals surface area contributed by atoms with Gasteiger partial charge in [-0.3, -0.25) is 4.79 Å². The van der Waals surface area contributed by atoms with Crippen molar-refractivity contribution in [3.05, 3.63) is 41.5 Å². The van der Waals surface area contributed by atoms with E-state index in [1.807, 2.05) is 0 Å². The summed E-state index contributed by atoms with van der Waals surface area (Å²) in [6, 6.07) is 4.87. The van der Waals surface area contributed by atoms with E-state index in [1.165, 1.54) is 36.6 Å². The predicted molar refractivity (Wildman–Crippen MR) is 81.1 cm³/mol. The van der Waals surface area contributed by atoms with Gasteiger partial charge in [-0.15, -0.1) is 0 Å². The lowest BCUT2D eigenvalue weighted by molar-refractivity contribution is -0.139. The number of alkyl halides is 3. The zero-order chi connectivity index (χ0) is 16.7. The average molecular weight is 327 g/mol. The Bertz CT molecular complexity index is 567. The first-order valence-electron chi connectivity index (χ1n) is 7.70. The molecule has 0 bridgehead atoms. The van der Waals surface area contributed by atoms with E-state index in [0.29, 0.717) is 6.54 Å². The number of para-hydroxylation sites is 1. The minimum atomic E-state index is -4.50. The molecule has 0 atom stereocenters. The summed E-state index contributed by atoms with van der Waals surface area (Å²) in [5.74, 6) is -0.747. The molecule has 0 heterocycles. The van der Waals surface area contributed by atoms with Crippen LogP contribution in [0.3, 0.4) is 0 Å². The van der Waals surface area contributed by atoms with E-state index in [0.717, 1.165) is 25.3 Å². The number of halogens is 3. The summed E-state index contributed by atoms with van der Waals surface area (Å²) in [7, 11) is 0. The van der Waals surface area contributed by atoms with Gasteiger partial charge in [0, 0.05) is 6.54 Å². The minimum Gasteiger partial charge on any atom is -0.483 e. The van der Waals surface area contributed by atoms with Crippen LogP contribution in [0.5, 0.6) is 5.75 Å². The first kappa shape index (κ1) is 17.4. The number of nitrogens with one attached hydrogen (secondary N) is 1. The van der Waals surface area contributed by atoms with Crippen LogP contribution >= 0.6 is 0 Å². The third kappa shape index (κ3) is 5.62. The number of hydrogen-bond acceptors (Lipinski definition) is 2. The number of rotatable bonds is 6. The van der Waals surface area contributed by atoms with Crippen molar-refractivity contribution in [3.8, 4) is 5.75 Å². The molecule has 126 valence electrons. The Labute approximate surface area is 133 Å². The molecule has 0 saturated carbocycles. The molecule has 0 unspecified atom stereocenters. The monoisotopic (exact) mass is 327 g/mol. The molecule has 2 rings (SSSR count). The van der Waals surface area contributed by atoms with Gasteiger partial charge in [0.1, 0.15) is 5.75 Å². The van der Waals surface area contributed by atoms with Gasteiger partial charge in [0.15, 0.2) is 6.61 Å². The maximum absolute atomic E-state index is 12.8. The van der Waals surface area contributed by atoms with E-state index in [-0.39, 0.29) is 5.75 Å². The molecule has 3 nitrogen and oxygen atoms in total. The van der Waals surface area contributed by atoms with Crippen LogP contribution in [0.15, 0.2) is 35.9 Å². The molecule has 0 radical (unpaired) electrons. The molecule has 23 heavy (non-hydrogen) atoms. The average Bonchev–Trinajstić information content (AvgIpc) is 2.53. The van der Waals surface area contributed by atoms with Crippen LogP contribution in [-0.4, -0.2) is 19.1 Å². The van der Waals surface area contributed by atoms with Gasteiger partial charge in [-0.05, 0) is 44.2 Å². The first-order chi connectivity index (χ1) is 11.0. The number of ether oxygens (including phenoxy) is 1. The molecule has 1 aliphatic rings. The topological polar surface area (TPSA) is 38.3 Å². The Morgan fingerprint density at radius 2 is 2.00 bits per heavy atom. The van der Waals surface area contributed by atoms with Gasteiger partial charge in [0.05, 0.1) is 5.56 Å². The predicted octanol–water partition coefficient (Wildman–Crippen LogP) is 4.09. The van der Waals surface area contributed by atoms with E-state index in [4.69, 9.17) is 4.74 Å². The zero-order valence-corrected chi connectivity index (χ0v) is 12.8. The van der Waals surface area contributed by atoms with Gasteiger partial charge in [-0.1, -0.05) is 23.8 Å². The van der Waals surface area contributed by atoms with Gasteiger partial charge < -0.3 is 10.1 Å². The molecular formula is C17H20F3NO2. The summed E-state index contributed by atoms with van der Waals surface area (Å²) in [4.78, 5) is 11.7. The largest absolute Gasteiger partial charge is 0.483 e. The van der Waals surface area contributed by atoms with E-state index < -0.39 is 24.3 Å². The quantitative estimate of drug-likeness (QED) is 0.799. The Morgan fingerprint density at radius 1 is 1.22 bits per heavy atom. The molecule has 1 amide bonds. The Kier molecular flexibility index (Phi) is 6.07. The normalized spacial score (nSPS) is 15.0. The van der Waals surface area contributed by atoms with Crippen molar-refractivity contribution < 1.29 is 22.7 Å². The smallest absolute Gasteiger partial charge is 0.419 e. The van der Waals surface area contributed by atoms with Crippen molar-refractivity contribution in [1.82, 2.24) is 5.32 Å². The number of carbonyl (C=O) groups is 1. The molecular weight excluding hydrogens is 307 g/mol. The summed E-state index contributed by atoms with van der Waals surface area (Å²) in [5, 5.41) is 2.67. The zero-order valence-electron chi connectivity index (χ0n) is 12.8. The van der Waals surface area contributed by atoms with Crippen molar-refractivity contribution in [3.63, 3.8) is 0 Å². The van der Waals surface area contributed by atoms with Crippen molar-refractivity contribution in [2.24, 2.45) is 0 Å². The van der Waals surface area contributed by atoms with E-state index in [2.05, 4.69) is 11.4 Å². The highest BCUT2D eigenvalue weighted by molar-refractivity contribution is 5.77. The van der Waals surface area contributed by atoms with Gasteiger partial charge in [0.25, 0.3) is 5.91 Å². The SMILES string of the molecule is O=C(COc1ccccc1C(F)(F)F)NCCC1=CCCCC1. The minimum absolute atomic E-state index is 0.329. The summed E-state index contributed by atoms with van der Waals surface area (Å²) in [6.07, 6.45) is 3.02. The second kappa shape index (κ2) is 8.04. The van der Waals surface area contributed by atoms with E-state index >= 15 is 0 Å². The van der Waals surface area contributed by atoms with E-state index in [9.17, 15) is 18.0 Å². The standard InChI is InChI=1S/C17H20F3NO2/c18-17(19,20)14-8-4-5-9-15(14)23-12-16(22)21-11-10-13-6-2-1-3-7-13/h4-6,8-9H,1-3,7,10-12H2,(H,21,22). The van der Waals surface area contributed by atoms with E-state index in [1.54, 1.807) is 0 Å². The summed E-state index contributed by atoms with van der Waals surface area (Å²) in [5.41, 5.74) is 0.458. The number of amides is 1. The van der Waals surface area contributed by atoms with Crippen molar-refractivity contribution >= 4 is 5.91 Å². The summed E-state index contributed by atoms with van der Waals surface area (Å²) >= 11 is 0. The lowest BCUT2D eigenvalue weighted by atomic mass is 9.97. The molecule has 1 N–H and O–H groups in total. The first-order valence-corrected chi connectivity index (χ1v) is 7.70. The van der Waals surface area contributed by atoms with Crippen molar-refractivity contribution in [2.45, 2.75) is 38.3 Å². The maximum atomic E-state index is 12.8. The van der Waals surface area contributed by atoms with Crippen LogP contribution in [0, 0.1) is 0 Å². The second-order valence-corrected chi connectivity index (χ2v) is 5.49. The number of hydrogen-bond donors (Lipinski definition) is 1. The molecule has 0 fully saturated rings. The maximum Gasteiger partial charge on any atom is 0.419 e. The Hall–Kier alpha value is -1.98. The van der Waals surface area contributed by atoms with Crippen LogP contribution in [0.25, 0.3) is 0 Å². The third-order valence-corrected chi connectivity index (χ3v) is 3.70. The molecule has 0 spiro atoms. The van der Waals surface area contributed by atoms with Gasteiger partial charge in [-0.2, -0.15) is 13.2 Å². The summed E-state index contributed by atoms with van der Waals surface area (Å²) < 4.78 is 43.4. The van der Waals surface area contributed by atoms with Gasteiger partial charge in [-0.25, -0.2) is 0 Å². The highest BCUT2D eigenvalue weighted by atomic mass is 19.4. The van der Waals surface area contributed by atoms with Crippen LogP contribution in [0.2, 0.25) is 0 Å². The van der Waals surface area contributed by atoms with Gasteiger partial charge >= 0.3 is 6.18 Å². The molecule has 0 aromatic heterocycles. The highest BCUT2D eigenvalue weighted by Crippen LogP contribution is 2.35. The number of carbonyl (C=O) groups excluding carboxylic acids is 1. The lowest BCUT2D eigenvalue weighted by Gasteiger charge is -2.14. The highest BCUT2D eigenvalue weighted by Gasteiger charge is 2.34. The summed E-state index contributed by atoms with van der Waals surface area (Å²) in [6.45, 7) is 0.0566. The van der Waals surface area contributed by atoms with Crippen LogP contribution in [0.4, 0.5) is 13.2 Å². The van der Waals surface area contributed by atoms with Crippen LogP contribution in [0.1, 0.15) is 37.7 Å². The second-order valence-electron chi connectivity index (χ2n) is 5.49. The Balaban J connectivity index is 1.77. The fraction of sp³-hybridized carbons (Fsp3) is 0.471. The molecule has 0 aliphatic heterocycles. The molecule has 0 saturated heterocycles. The van der Waals surface area contributed by atoms with Crippen molar-refractivity contribution in [1.29, 1.82) is 0 Å². The number of allylic oxidation sites excluding steroid dienone is 1. The van der Waals surface area contributed by atoms with Crippen molar-refractivity contribution in [2.75, 3.05) is 13.2 Å².